The lowest BCUT2D eigenvalue weighted by molar-refractivity contribution is 0.0119. The molecule has 0 aliphatic carbocycles. The van der Waals surface area contributed by atoms with Crippen LogP contribution >= 0.6 is 0 Å². The topological polar surface area (TPSA) is 81.9 Å². The van der Waals surface area contributed by atoms with Crippen LogP contribution in [0, 0.1) is 5.82 Å². The van der Waals surface area contributed by atoms with E-state index in [2.05, 4.69) is 0 Å². The fourth-order valence-corrected chi connectivity index (χ4v) is 1.66. The Bertz CT molecular complexity index is 603. The molecule has 0 bridgehead atoms. The molecule has 0 aromatic heterocycles. The standard InChI is InChI=1S/C16H23FN2O4/c1-15(2,3)19(14(21)23-16(4,5)6)13(20)22-10-7-8-11(17)12(18)9-10/h7-9H,18H2,1-6H3. The highest BCUT2D eigenvalue weighted by molar-refractivity contribution is 5.90. The average molecular weight is 326 g/mol. The van der Waals surface area contributed by atoms with Crippen molar-refractivity contribution in [1.29, 1.82) is 0 Å². The highest BCUT2D eigenvalue weighted by Gasteiger charge is 2.37. The van der Waals surface area contributed by atoms with Crippen molar-refractivity contribution in [2.24, 2.45) is 0 Å². The van der Waals surface area contributed by atoms with E-state index >= 15 is 0 Å². The molecule has 0 fully saturated rings. The van der Waals surface area contributed by atoms with Gasteiger partial charge in [-0.2, -0.15) is 0 Å². The molecule has 0 radical (unpaired) electrons. The third-order valence-electron chi connectivity index (χ3n) is 2.60. The van der Waals surface area contributed by atoms with Crippen LogP contribution in [0.3, 0.4) is 0 Å². The Morgan fingerprint density at radius 3 is 2.09 bits per heavy atom. The molecule has 0 spiro atoms. The molecule has 1 aromatic carbocycles. The van der Waals surface area contributed by atoms with Crippen molar-refractivity contribution in [3.63, 3.8) is 0 Å². The van der Waals surface area contributed by atoms with Crippen LogP contribution in [0.4, 0.5) is 19.7 Å². The lowest BCUT2D eigenvalue weighted by atomic mass is 10.1. The van der Waals surface area contributed by atoms with Gasteiger partial charge >= 0.3 is 12.2 Å². The maximum absolute atomic E-state index is 13.1. The number of hydrogen-bond acceptors (Lipinski definition) is 5. The molecule has 6 nitrogen and oxygen atoms in total. The summed E-state index contributed by atoms with van der Waals surface area (Å²) in [4.78, 5) is 25.5. The van der Waals surface area contributed by atoms with Gasteiger partial charge in [-0.15, -0.1) is 0 Å². The first-order valence-electron chi connectivity index (χ1n) is 7.11. The lowest BCUT2D eigenvalue weighted by Gasteiger charge is -2.34. The third-order valence-corrected chi connectivity index (χ3v) is 2.60. The zero-order chi connectivity index (χ0) is 18.0. The van der Waals surface area contributed by atoms with E-state index in [1.807, 2.05) is 0 Å². The first kappa shape index (κ1) is 18.7. The number of hydrogen-bond donors (Lipinski definition) is 1. The maximum atomic E-state index is 13.1. The van der Waals surface area contributed by atoms with Crippen molar-refractivity contribution in [1.82, 2.24) is 4.90 Å². The molecule has 7 heteroatoms. The van der Waals surface area contributed by atoms with Crippen molar-refractivity contribution in [3.05, 3.63) is 24.0 Å². The van der Waals surface area contributed by atoms with Crippen LogP contribution in [0.2, 0.25) is 0 Å². The summed E-state index contributed by atoms with van der Waals surface area (Å²) in [5, 5.41) is 0. The van der Waals surface area contributed by atoms with Crippen LogP contribution < -0.4 is 10.5 Å². The molecule has 0 unspecified atom stereocenters. The van der Waals surface area contributed by atoms with Gasteiger partial charge in [-0.05, 0) is 53.7 Å². The maximum Gasteiger partial charge on any atom is 0.425 e. The molecular formula is C16H23FN2O4. The number of nitrogens with two attached hydrogens (primary N) is 1. The molecule has 2 amide bonds. The molecule has 1 aromatic rings. The summed E-state index contributed by atoms with van der Waals surface area (Å²) in [6.45, 7) is 10.1. The Kier molecular flexibility index (Phi) is 5.24. The minimum absolute atomic E-state index is 0.0340. The molecule has 0 saturated heterocycles. The molecule has 0 aliphatic rings. The summed E-state index contributed by atoms with van der Waals surface area (Å²) < 4.78 is 23.5. The van der Waals surface area contributed by atoms with Crippen LogP contribution in [-0.2, 0) is 4.74 Å². The molecule has 23 heavy (non-hydrogen) atoms. The SMILES string of the molecule is CC(C)(C)OC(=O)N(C(=O)Oc1ccc(F)c(N)c1)C(C)(C)C. The van der Waals surface area contributed by atoms with Crippen molar-refractivity contribution < 1.29 is 23.5 Å². The lowest BCUT2D eigenvalue weighted by Crippen LogP contribution is -2.52. The van der Waals surface area contributed by atoms with E-state index in [4.69, 9.17) is 15.2 Å². The number of benzene rings is 1. The van der Waals surface area contributed by atoms with E-state index in [0.29, 0.717) is 0 Å². The highest BCUT2D eigenvalue weighted by Crippen LogP contribution is 2.23. The zero-order valence-electron chi connectivity index (χ0n) is 14.3. The Morgan fingerprint density at radius 2 is 1.65 bits per heavy atom. The number of carbonyl (C=O) groups excluding carboxylic acids is 2. The highest BCUT2D eigenvalue weighted by atomic mass is 19.1. The Hall–Kier alpha value is -2.31. The minimum atomic E-state index is -0.933. The van der Waals surface area contributed by atoms with E-state index in [9.17, 15) is 14.0 Å². The number of imide groups is 1. The summed E-state index contributed by atoms with van der Waals surface area (Å²) in [6.07, 6.45) is -1.76. The van der Waals surface area contributed by atoms with Crippen LogP contribution in [0.15, 0.2) is 18.2 Å². The molecule has 0 heterocycles. The van der Waals surface area contributed by atoms with Gasteiger partial charge in [-0.1, -0.05) is 0 Å². The van der Waals surface area contributed by atoms with Crippen molar-refractivity contribution in [3.8, 4) is 5.75 Å². The zero-order valence-corrected chi connectivity index (χ0v) is 14.3. The predicted octanol–water partition coefficient (Wildman–Crippen LogP) is 3.94. The fraction of sp³-hybridized carbons (Fsp3) is 0.500. The third kappa shape index (κ3) is 5.43. The van der Waals surface area contributed by atoms with Gasteiger partial charge in [-0.3, -0.25) is 0 Å². The van der Waals surface area contributed by atoms with E-state index in [-0.39, 0.29) is 11.4 Å². The average Bonchev–Trinajstić information content (AvgIpc) is 2.29. The molecule has 128 valence electrons. The van der Waals surface area contributed by atoms with E-state index in [1.165, 1.54) is 12.1 Å². The van der Waals surface area contributed by atoms with Gasteiger partial charge in [0.2, 0.25) is 0 Å². The van der Waals surface area contributed by atoms with Gasteiger partial charge in [0.25, 0.3) is 0 Å². The van der Waals surface area contributed by atoms with Gasteiger partial charge in [0, 0.05) is 11.6 Å². The molecule has 1 rings (SSSR count). The van der Waals surface area contributed by atoms with E-state index in [1.54, 1.807) is 41.5 Å². The van der Waals surface area contributed by atoms with Crippen LogP contribution in [-0.4, -0.2) is 28.2 Å². The van der Waals surface area contributed by atoms with Crippen molar-refractivity contribution >= 4 is 17.9 Å². The number of nitrogen functional groups attached to an aromatic ring is 1. The number of nitrogens with zero attached hydrogens (tertiary/aromatic N) is 1. The smallest absolute Gasteiger partial charge is 0.425 e. The van der Waals surface area contributed by atoms with E-state index in [0.717, 1.165) is 11.0 Å². The normalized spacial score (nSPS) is 11.8. The number of anilines is 1. The van der Waals surface area contributed by atoms with Crippen molar-refractivity contribution in [2.45, 2.75) is 52.7 Å². The van der Waals surface area contributed by atoms with E-state index < -0.39 is 29.1 Å². The number of rotatable bonds is 1. The summed E-state index contributed by atoms with van der Waals surface area (Å²) in [7, 11) is 0. The van der Waals surface area contributed by atoms with Gasteiger partial charge in [0.1, 0.15) is 17.2 Å². The van der Waals surface area contributed by atoms with Gasteiger partial charge in [0.15, 0.2) is 0 Å². The summed E-state index contributed by atoms with van der Waals surface area (Å²) in [5.41, 5.74) is 3.64. The molecule has 2 N–H and O–H groups in total. The number of ether oxygens (including phenoxy) is 2. The molecule has 0 atom stereocenters. The molecule has 0 aliphatic heterocycles. The second-order valence-electron chi connectivity index (χ2n) is 7.04. The second kappa shape index (κ2) is 6.44. The monoisotopic (exact) mass is 326 g/mol. The molecule has 0 saturated carbocycles. The number of carbonyl (C=O) groups is 2. The van der Waals surface area contributed by atoms with Crippen LogP contribution in [0.5, 0.6) is 5.75 Å². The van der Waals surface area contributed by atoms with Gasteiger partial charge in [0.05, 0.1) is 5.69 Å². The first-order chi connectivity index (χ1) is 10.3. The van der Waals surface area contributed by atoms with Crippen LogP contribution in [0.1, 0.15) is 41.5 Å². The Morgan fingerprint density at radius 1 is 1.09 bits per heavy atom. The van der Waals surface area contributed by atoms with Gasteiger partial charge < -0.3 is 15.2 Å². The Balaban J connectivity index is 3.01. The van der Waals surface area contributed by atoms with Crippen molar-refractivity contribution in [2.75, 3.05) is 5.73 Å². The number of amides is 2. The summed E-state index contributed by atoms with van der Waals surface area (Å²) in [6, 6.07) is 3.50. The quantitative estimate of drug-likeness (QED) is 0.790. The van der Waals surface area contributed by atoms with Crippen LogP contribution in [0.25, 0.3) is 0 Å². The summed E-state index contributed by atoms with van der Waals surface area (Å²) in [5.74, 6) is -0.587. The predicted molar refractivity (Wildman–Crippen MR) is 84.7 cm³/mol. The first-order valence-corrected chi connectivity index (χ1v) is 7.11. The van der Waals surface area contributed by atoms with Gasteiger partial charge in [-0.25, -0.2) is 18.9 Å². The largest absolute Gasteiger partial charge is 0.443 e. The summed E-state index contributed by atoms with van der Waals surface area (Å²) >= 11 is 0. The minimum Gasteiger partial charge on any atom is -0.443 e. The fourth-order valence-electron chi connectivity index (χ4n) is 1.66. The molecular weight excluding hydrogens is 303 g/mol. The Labute approximate surface area is 135 Å². The number of halogens is 1. The second-order valence-corrected chi connectivity index (χ2v) is 7.04.